The van der Waals surface area contributed by atoms with E-state index in [0.717, 1.165) is 40.3 Å². The molecule has 0 spiro atoms. The smallest absolute Gasteiger partial charge is 0.159 e. The predicted molar refractivity (Wildman–Crippen MR) is 176 cm³/mol. The maximum Gasteiger partial charge on any atom is 0.159 e. The average Bonchev–Trinajstić information content (AvgIpc) is 3.36. The van der Waals surface area contributed by atoms with Crippen molar-refractivity contribution in [2.75, 3.05) is 0 Å². The van der Waals surface area contributed by atoms with Crippen LogP contribution in [-0.4, -0.2) is 14.5 Å². The summed E-state index contributed by atoms with van der Waals surface area (Å²) in [6.45, 7) is 6.86. The molecule has 7 rings (SSSR count). The van der Waals surface area contributed by atoms with Crippen molar-refractivity contribution >= 4 is 21.7 Å². The molecule has 0 aliphatic carbocycles. The second kappa shape index (κ2) is 10.8. The van der Waals surface area contributed by atoms with Gasteiger partial charge in [-0.3, -0.25) is 0 Å². The van der Waals surface area contributed by atoms with Crippen LogP contribution in [-0.2, 0) is 0 Å². The highest BCUT2D eigenvalue weighted by molar-refractivity contribution is 6.12. The van der Waals surface area contributed by atoms with Crippen LogP contribution in [0, 0.1) is 6.92 Å². The van der Waals surface area contributed by atoms with Crippen LogP contribution < -0.4 is 0 Å². The van der Waals surface area contributed by atoms with Gasteiger partial charge in [-0.15, -0.1) is 0 Å². The van der Waals surface area contributed by atoms with Crippen molar-refractivity contribution in [3.05, 3.63) is 139 Å². The van der Waals surface area contributed by atoms with Crippen LogP contribution in [0.15, 0.2) is 128 Å². The molecule has 0 saturated carbocycles. The number of rotatable bonds is 6. The lowest BCUT2D eigenvalue weighted by Crippen LogP contribution is -2.06. The van der Waals surface area contributed by atoms with E-state index in [-0.39, 0.29) is 0 Å². The van der Waals surface area contributed by atoms with Gasteiger partial charge in [0, 0.05) is 22.1 Å². The van der Waals surface area contributed by atoms with Gasteiger partial charge in [0.2, 0.25) is 0 Å². The Morgan fingerprint density at radius 1 is 0.714 bits per heavy atom. The number of aryl methyl sites for hydroxylation is 1. The van der Waals surface area contributed by atoms with E-state index in [1.54, 1.807) is 0 Å². The number of nitrogens with zero attached hydrogens (tertiary/aromatic N) is 3. The molecule has 0 bridgehead atoms. The molecule has 3 nitrogen and oxygen atoms in total. The van der Waals surface area contributed by atoms with Gasteiger partial charge in [0.1, 0.15) is 0 Å². The Morgan fingerprint density at radius 2 is 1.38 bits per heavy atom. The fraction of sp³-hybridized carbons (Fsp3) is 0.128. The zero-order valence-electron chi connectivity index (χ0n) is 24.3. The zero-order chi connectivity index (χ0) is 28.6. The summed E-state index contributed by atoms with van der Waals surface area (Å²) in [6.07, 6.45) is 3.09. The third kappa shape index (κ3) is 4.29. The highest BCUT2D eigenvalue weighted by Crippen LogP contribution is 2.43. The Hall–Kier alpha value is -5.02. The standard InChI is InChI=1S/C39H33N3/c1-4-26(2)31-20-13-14-22-33(31)38-27(3)36-32-21-12-11-15-28(32)23-24-34(36)42(38)35-25-40-39(30-18-9-6-10-19-30)41-37(35)29-16-7-5-8-17-29/h5-26H,4H2,1-3H3. The molecular formula is C39H33N3. The first-order valence-corrected chi connectivity index (χ1v) is 14.8. The highest BCUT2D eigenvalue weighted by atomic mass is 15.0. The molecule has 0 aliphatic rings. The van der Waals surface area contributed by atoms with Gasteiger partial charge in [-0.25, -0.2) is 9.97 Å². The molecule has 0 saturated heterocycles. The first-order valence-electron chi connectivity index (χ1n) is 14.8. The SMILES string of the molecule is CCC(C)c1ccccc1-c1c(C)c2c3ccccc3ccc2n1-c1cnc(-c2ccccc2)nc1-c1ccccc1. The lowest BCUT2D eigenvalue weighted by atomic mass is 9.90. The third-order valence-corrected chi connectivity index (χ3v) is 8.55. The van der Waals surface area contributed by atoms with Crippen molar-refractivity contribution < 1.29 is 0 Å². The normalized spacial score (nSPS) is 12.2. The molecule has 42 heavy (non-hydrogen) atoms. The summed E-state index contributed by atoms with van der Waals surface area (Å²) >= 11 is 0. The van der Waals surface area contributed by atoms with E-state index in [1.807, 2.05) is 24.4 Å². The van der Waals surface area contributed by atoms with Crippen molar-refractivity contribution in [1.82, 2.24) is 14.5 Å². The summed E-state index contributed by atoms with van der Waals surface area (Å²) < 4.78 is 2.41. The Labute approximate surface area is 247 Å². The summed E-state index contributed by atoms with van der Waals surface area (Å²) in [6, 6.07) is 42.8. The van der Waals surface area contributed by atoms with E-state index in [2.05, 4.69) is 128 Å². The zero-order valence-corrected chi connectivity index (χ0v) is 24.3. The first-order chi connectivity index (χ1) is 20.7. The van der Waals surface area contributed by atoms with Crippen molar-refractivity contribution in [3.8, 4) is 39.6 Å². The maximum atomic E-state index is 5.24. The summed E-state index contributed by atoms with van der Waals surface area (Å²) in [5, 5.41) is 3.77. The fourth-order valence-corrected chi connectivity index (χ4v) is 6.26. The van der Waals surface area contributed by atoms with Crippen LogP contribution in [0.25, 0.3) is 61.3 Å². The largest absolute Gasteiger partial charge is 0.305 e. The molecule has 0 radical (unpaired) electrons. The van der Waals surface area contributed by atoms with Gasteiger partial charge >= 0.3 is 0 Å². The van der Waals surface area contributed by atoms with Gasteiger partial charge in [0.25, 0.3) is 0 Å². The Kier molecular flexibility index (Phi) is 6.64. The van der Waals surface area contributed by atoms with Gasteiger partial charge in [0.15, 0.2) is 5.82 Å². The number of fused-ring (bicyclic) bond motifs is 3. The van der Waals surface area contributed by atoms with E-state index in [9.17, 15) is 0 Å². The second-order valence-corrected chi connectivity index (χ2v) is 11.0. The molecule has 0 amide bonds. The van der Waals surface area contributed by atoms with Crippen LogP contribution in [0.4, 0.5) is 0 Å². The summed E-state index contributed by atoms with van der Waals surface area (Å²) in [7, 11) is 0. The lowest BCUT2D eigenvalue weighted by Gasteiger charge is -2.20. The van der Waals surface area contributed by atoms with Gasteiger partial charge in [-0.2, -0.15) is 0 Å². The first kappa shape index (κ1) is 25.9. The maximum absolute atomic E-state index is 5.24. The molecule has 5 aromatic carbocycles. The average molecular weight is 544 g/mol. The van der Waals surface area contributed by atoms with E-state index in [1.165, 1.54) is 38.5 Å². The summed E-state index contributed by atoms with van der Waals surface area (Å²) in [5.74, 6) is 1.15. The number of benzene rings is 5. The minimum atomic E-state index is 0.425. The predicted octanol–water partition coefficient (Wildman–Crippen LogP) is 10.4. The Bertz CT molecular complexity index is 2040. The van der Waals surface area contributed by atoms with Crippen molar-refractivity contribution in [2.45, 2.75) is 33.1 Å². The monoisotopic (exact) mass is 543 g/mol. The molecule has 3 heteroatoms. The van der Waals surface area contributed by atoms with E-state index in [4.69, 9.17) is 9.97 Å². The molecule has 1 atom stereocenters. The molecule has 2 aromatic heterocycles. The molecular weight excluding hydrogens is 510 g/mol. The van der Waals surface area contributed by atoms with E-state index >= 15 is 0 Å². The van der Waals surface area contributed by atoms with Gasteiger partial charge < -0.3 is 4.57 Å². The fourth-order valence-electron chi connectivity index (χ4n) is 6.26. The van der Waals surface area contributed by atoms with Crippen LogP contribution in [0.2, 0.25) is 0 Å². The highest BCUT2D eigenvalue weighted by Gasteiger charge is 2.24. The lowest BCUT2D eigenvalue weighted by molar-refractivity contribution is 0.734. The van der Waals surface area contributed by atoms with Crippen molar-refractivity contribution in [3.63, 3.8) is 0 Å². The van der Waals surface area contributed by atoms with Gasteiger partial charge in [-0.05, 0) is 47.2 Å². The second-order valence-electron chi connectivity index (χ2n) is 11.0. The van der Waals surface area contributed by atoms with Gasteiger partial charge in [0.05, 0.1) is 28.8 Å². The topological polar surface area (TPSA) is 30.7 Å². The molecule has 204 valence electrons. The van der Waals surface area contributed by atoms with E-state index in [0.29, 0.717) is 5.92 Å². The van der Waals surface area contributed by atoms with Crippen LogP contribution in [0.1, 0.15) is 37.3 Å². The molecule has 1 unspecified atom stereocenters. The molecule has 0 aliphatic heterocycles. The quantitative estimate of drug-likeness (QED) is 0.209. The van der Waals surface area contributed by atoms with Gasteiger partial charge in [-0.1, -0.05) is 129 Å². The van der Waals surface area contributed by atoms with Crippen LogP contribution in [0.5, 0.6) is 0 Å². The molecule has 7 aromatic rings. The molecule has 2 heterocycles. The Morgan fingerprint density at radius 3 is 2.14 bits per heavy atom. The summed E-state index contributed by atoms with van der Waals surface area (Å²) in [4.78, 5) is 10.2. The Balaban J connectivity index is 1.62. The summed E-state index contributed by atoms with van der Waals surface area (Å²) in [5.41, 5.74) is 10.2. The number of aromatic nitrogens is 3. The number of hydrogen-bond donors (Lipinski definition) is 0. The minimum Gasteiger partial charge on any atom is -0.305 e. The molecule has 0 fully saturated rings. The van der Waals surface area contributed by atoms with E-state index < -0.39 is 0 Å². The molecule has 0 N–H and O–H groups in total. The number of hydrogen-bond acceptors (Lipinski definition) is 2. The van der Waals surface area contributed by atoms with Crippen LogP contribution in [0.3, 0.4) is 0 Å². The minimum absolute atomic E-state index is 0.425. The van der Waals surface area contributed by atoms with Crippen LogP contribution >= 0.6 is 0 Å². The third-order valence-electron chi connectivity index (χ3n) is 8.55. The van der Waals surface area contributed by atoms with Crippen molar-refractivity contribution in [2.24, 2.45) is 0 Å². The van der Waals surface area contributed by atoms with Crippen molar-refractivity contribution in [1.29, 1.82) is 0 Å².